The van der Waals surface area contributed by atoms with Gasteiger partial charge in [-0.25, -0.2) is 4.98 Å². The first-order valence-corrected chi connectivity index (χ1v) is 12.1. The van der Waals surface area contributed by atoms with E-state index in [2.05, 4.69) is 29.8 Å². The maximum atomic E-state index is 13.3. The summed E-state index contributed by atoms with van der Waals surface area (Å²) in [4.78, 5) is 18.2. The SMILES string of the molecule is Cc1ccccc1-c1nc(-c2ccc(NC(=O)C(c3ccccc3)c3ccccc3)cc2)cs1. The summed E-state index contributed by atoms with van der Waals surface area (Å²) in [7, 11) is 0. The summed E-state index contributed by atoms with van der Waals surface area (Å²) < 4.78 is 0. The van der Waals surface area contributed by atoms with Gasteiger partial charge in [-0.05, 0) is 35.7 Å². The highest BCUT2D eigenvalue weighted by Crippen LogP contribution is 2.31. The fraction of sp³-hybridized carbons (Fsp3) is 0.0667. The number of nitrogens with zero attached hydrogens (tertiary/aromatic N) is 1. The van der Waals surface area contributed by atoms with Crippen molar-refractivity contribution in [2.45, 2.75) is 12.8 Å². The third-order valence-corrected chi connectivity index (χ3v) is 6.73. The normalized spacial score (nSPS) is 10.9. The Bertz CT molecular complexity index is 1350. The molecule has 0 radical (unpaired) electrons. The molecular weight excluding hydrogens is 436 g/mol. The van der Waals surface area contributed by atoms with Crippen LogP contribution in [0.3, 0.4) is 0 Å². The van der Waals surface area contributed by atoms with Crippen LogP contribution in [0.2, 0.25) is 0 Å². The number of carbonyl (C=O) groups excluding carboxylic acids is 1. The Morgan fingerprint density at radius 3 is 1.97 bits per heavy atom. The average Bonchev–Trinajstić information content (AvgIpc) is 3.36. The van der Waals surface area contributed by atoms with Crippen LogP contribution in [0.15, 0.2) is 115 Å². The van der Waals surface area contributed by atoms with Gasteiger partial charge in [-0.2, -0.15) is 0 Å². The standard InChI is InChI=1S/C30H24N2OS/c1-21-10-8-9-15-26(21)30-32-27(20-34-30)22-16-18-25(19-17-22)31-29(33)28(23-11-4-2-5-12-23)24-13-6-3-7-14-24/h2-20,28H,1H3,(H,31,33). The van der Waals surface area contributed by atoms with Crippen LogP contribution in [-0.4, -0.2) is 10.9 Å². The number of rotatable bonds is 6. The smallest absolute Gasteiger partial charge is 0.236 e. The second-order valence-corrected chi connectivity index (χ2v) is 9.03. The molecule has 5 rings (SSSR count). The maximum absolute atomic E-state index is 13.3. The number of anilines is 1. The summed E-state index contributed by atoms with van der Waals surface area (Å²) in [6.07, 6.45) is 0. The van der Waals surface area contributed by atoms with Crippen LogP contribution in [0.4, 0.5) is 5.69 Å². The first kappa shape index (κ1) is 21.8. The molecule has 4 heteroatoms. The zero-order valence-corrected chi connectivity index (χ0v) is 19.6. The Labute approximate surface area is 203 Å². The molecule has 166 valence electrons. The first-order valence-electron chi connectivity index (χ1n) is 11.2. The van der Waals surface area contributed by atoms with E-state index in [1.165, 1.54) is 5.56 Å². The summed E-state index contributed by atoms with van der Waals surface area (Å²) in [5.74, 6) is -0.432. The van der Waals surface area contributed by atoms with Crippen LogP contribution >= 0.6 is 11.3 Å². The van der Waals surface area contributed by atoms with Gasteiger partial charge >= 0.3 is 0 Å². The Morgan fingerprint density at radius 2 is 1.35 bits per heavy atom. The third-order valence-electron chi connectivity index (χ3n) is 5.86. The first-order chi connectivity index (χ1) is 16.7. The number of hydrogen-bond acceptors (Lipinski definition) is 3. The lowest BCUT2D eigenvalue weighted by Crippen LogP contribution is -2.22. The molecule has 5 aromatic rings. The van der Waals surface area contributed by atoms with E-state index in [4.69, 9.17) is 4.98 Å². The van der Waals surface area contributed by atoms with Crippen molar-refractivity contribution in [1.82, 2.24) is 4.98 Å². The van der Waals surface area contributed by atoms with Crippen molar-refractivity contribution in [3.63, 3.8) is 0 Å². The van der Waals surface area contributed by atoms with Crippen LogP contribution < -0.4 is 5.32 Å². The van der Waals surface area contributed by atoms with Crippen molar-refractivity contribution in [3.05, 3.63) is 131 Å². The number of thiazole rings is 1. The van der Waals surface area contributed by atoms with Gasteiger partial charge in [0, 0.05) is 22.2 Å². The van der Waals surface area contributed by atoms with Crippen LogP contribution in [-0.2, 0) is 4.79 Å². The molecule has 0 bridgehead atoms. The highest BCUT2D eigenvalue weighted by molar-refractivity contribution is 7.13. The molecule has 0 fully saturated rings. The number of carbonyl (C=O) groups is 1. The van der Waals surface area contributed by atoms with Crippen molar-refractivity contribution in [1.29, 1.82) is 0 Å². The van der Waals surface area contributed by atoms with E-state index < -0.39 is 0 Å². The molecule has 34 heavy (non-hydrogen) atoms. The van der Waals surface area contributed by atoms with Crippen LogP contribution in [0.5, 0.6) is 0 Å². The van der Waals surface area contributed by atoms with Crippen LogP contribution in [0.25, 0.3) is 21.8 Å². The average molecular weight is 461 g/mol. The van der Waals surface area contributed by atoms with Gasteiger partial charge < -0.3 is 5.32 Å². The van der Waals surface area contributed by atoms with Crippen molar-refractivity contribution >= 4 is 22.9 Å². The van der Waals surface area contributed by atoms with Gasteiger partial charge in [-0.3, -0.25) is 4.79 Å². The summed E-state index contributed by atoms with van der Waals surface area (Å²) in [6.45, 7) is 2.10. The zero-order chi connectivity index (χ0) is 23.3. The van der Waals surface area contributed by atoms with Gasteiger partial charge in [0.2, 0.25) is 5.91 Å². The molecule has 0 unspecified atom stereocenters. The van der Waals surface area contributed by atoms with E-state index in [9.17, 15) is 4.79 Å². The van der Waals surface area contributed by atoms with Crippen molar-refractivity contribution in [3.8, 4) is 21.8 Å². The predicted molar refractivity (Wildman–Crippen MR) is 141 cm³/mol. The highest BCUT2D eigenvalue weighted by atomic mass is 32.1. The fourth-order valence-corrected chi connectivity index (χ4v) is 4.99. The largest absolute Gasteiger partial charge is 0.325 e. The summed E-state index contributed by atoms with van der Waals surface area (Å²) >= 11 is 1.64. The highest BCUT2D eigenvalue weighted by Gasteiger charge is 2.22. The molecule has 0 saturated heterocycles. The lowest BCUT2D eigenvalue weighted by molar-refractivity contribution is -0.116. The number of aromatic nitrogens is 1. The van der Waals surface area contributed by atoms with E-state index in [0.29, 0.717) is 0 Å². The topological polar surface area (TPSA) is 42.0 Å². The van der Waals surface area contributed by atoms with E-state index in [-0.39, 0.29) is 11.8 Å². The van der Waals surface area contributed by atoms with Gasteiger partial charge in [0.15, 0.2) is 0 Å². The summed E-state index contributed by atoms with van der Waals surface area (Å²) in [5.41, 5.74) is 7.04. The predicted octanol–water partition coefficient (Wildman–Crippen LogP) is 7.56. The molecule has 0 aliphatic rings. The van der Waals surface area contributed by atoms with E-state index in [0.717, 1.165) is 38.6 Å². The van der Waals surface area contributed by atoms with Gasteiger partial charge in [0.1, 0.15) is 5.01 Å². The minimum absolute atomic E-state index is 0.0550. The lowest BCUT2D eigenvalue weighted by Gasteiger charge is -2.18. The fourth-order valence-electron chi connectivity index (χ4n) is 4.07. The number of benzene rings is 4. The van der Waals surface area contributed by atoms with Crippen LogP contribution in [0, 0.1) is 6.92 Å². The third kappa shape index (κ3) is 4.68. The monoisotopic (exact) mass is 460 g/mol. The second kappa shape index (κ2) is 9.86. The van der Waals surface area contributed by atoms with E-state index in [1.54, 1.807) is 11.3 Å². The molecule has 4 aromatic carbocycles. The quantitative estimate of drug-likeness (QED) is 0.284. The summed E-state index contributed by atoms with van der Waals surface area (Å²) in [6, 6.07) is 35.9. The number of nitrogens with one attached hydrogen (secondary N) is 1. The van der Waals surface area contributed by atoms with E-state index >= 15 is 0 Å². The minimum Gasteiger partial charge on any atom is -0.325 e. The molecule has 0 spiro atoms. The molecule has 0 atom stereocenters. The molecule has 0 aliphatic carbocycles. The molecule has 1 N–H and O–H groups in total. The van der Waals surface area contributed by atoms with Gasteiger partial charge in [-0.1, -0.05) is 97.1 Å². The Balaban J connectivity index is 1.36. The van der Waals surface area contributed by atoms with Crippen molar-refractivity contribution < 1.29 is 4.79 Å². The number of amides is 1. The van der Waals surface area contributed by atoms with Crippen molar-refractivity contribution in [2.75, 3.05) is 5.32 Å². The Hall–Kier alpha value is -4.02. The molecule has 0 aliphatic heterocycles. The van der Waals surface area contributed by atoms with Crippen molar-refractivity contribution in [2.24, 2.45) is 0 Å². The minimum atomic E-state index is -0.378. The number of aryl methyl sites for hydroxylation is 1. The lowest BCUT2D eigenvalue weighted by atomic mass is 9.90. The molecule has 0 saturated carbocycles. The second-order valence-electron chi connectivity index (χ2n) is 8.17. The summed E-state index contributed by atoms with van der Waals surface area (Å²) in [5, 5.41) is 6.19. The molecule has 3 nitrogen and oxygen atoms in total. The Morgan fingerprint density at radius 1 is 0.765 bits per heavy atom. The molecular formula is C30H24N2OS. The zero-order valence-electron chi connectivity index (χ0n) is 18.8. The van der Waals surface area contributed by atoms with Gasteiger partial charge in [0.25, 0.3) is 0 Å². The van der Waals surface area contributed by atoms with Crippen LogP contribution in [0.1, 0.15) is 22.6 Å². The molecule has 1 aromatic heterocycles. The maximum Gasteiger partial charge on any atom is 0.236 e. The van der Waals surface area contributed by atoms with Gasteiger partial charge in [-0.15, -0.1) is 11.3 Å². The Kier molecular flexibility index (Phi) is 6.32. The number of hydrogen-bond donors (Lipinski definition) is 1. The van der Waals surface area contributed by atoms with Gasteiger partial charge in [0.05, 0.1) is 11.6 Å². The van der Waals surface area contributed by atoms with E-state index in [1.807, 2.05) is 97.1 Å². The molecule has 1 heterocycles. The molecule has 1 amide bonds.